The van der Waals surface area contributed by atoms with Gasteiger partial charge in [-0.2, -0.15) is 4.31 Å². The van der Waals surface area contributed by atoms with Crippen molar-refractivity contribution in [2.45, 2.75) is 24.3 Å². The van der Waals surface area contributed by atoms with Crippen molar-refractivity contribution in [2.24, 2.45) is 14.1 Å². The third kappa shape index (κ3) is 3.02. The Hall–Kier alpha value is -2.59. The maximum absolute atomic E-state index is 13.1. The Balaban J connectivity index is 1.72. The van der Waals surface area contributed by atoms with Gasteiger partial charge in [0.25, 0.3) is 5.56 Å². The van der Waals surface area contributed by atoms with Gasteiger partial charge in [0.1, 0.15) is 0 Å². The Bertz CT molecular complexity index is 1170. The van der Waals surface area contributed by atoms with E-state index in [0.717, 1.165) is 32.9 Å². The Morgan fingerprint density at radius 2 is 1.64 bits per heavy atom. The van der Waals surface area contributed by atoms with Gasteiger partial charge in [-0.3, -0.25) is 9.36 Å². The van der Waals surface area contributed by atoms with Crippen molar-refractivity contribution >= 4 is 10.0 Å². The number of rotatable bonds is 2. The van der Waals surface area contributed by atoms with Crippen molar-refractivity contribution < 1.29 is 17.9 Å². The van der Waals surface area contributed by atoms with Crippen molar-refractivity contribution in [3.8, 4) is 11.5 Å². The predicted octanol–water partition coefficient (Wildman–Crippen LogP) is -0.00770. The lowest BCUT2D eigenvalue weighted by atomic mass is 10.0. The summed E-state index contributed by atoms with van der Waals surface area (Å²) in [7, 11) is -1.38. The number of sulfonamides is 1. The molecule has 2 aliphatic rings. The van der Waals surface area contributed by atoms with Crippen LogP contribution < -0.4 is 20.7 Å². The lowest BCUT2D eigenvalue weighted by Crippen LogP contribution is -2.43. The number of benzene rings is 1. The standard InChI is InChI=1S/C18H21N3O6S/c1-19-11-16(17(22)20(2)18(19)23)28(24,25)21-5-4-12-8-14-15(9-13(12)10-21)27-7-3-6-26-14/h8-9,11H,3-7,10H2,1-2H3. The Morgan fingerprint density at radius 3 is 2.32 bits per heavy atom. The second-order valence-corrected chi connectivity index (χ2v) is 8.86. The van der Waals surface area contributed by atoms with Gasteiger partial charge in [0.2, 0.25) is 10.0 Å². The molecule has 10 heteroatoms. The van der Waals surface area contributed by atoms with Gasteiger partial charge in [-0.05, 0) is 29.7 Å². The smallest absolute Gasteiger partial charge is 0.330 e. The molecule has 0 N–H and O–H groups in total. The maximum Gasteiger partial charge on any atom is 0.330 e. The molecule has 0 spiro atoms. The molecule has 2 aliphatic heterocycles. The molecule has 2 aromatic rings. The first-order valence-electron chi connectivity index (χ1n) is 8.97. The zero-order valence-corrected chi connectivity index (χ0v) is 16.5. The molecule has 0 saturated heterocycles. The van der Waals surface area contributed by atoms with Crippen LogP contribution in [0.5, 0.6) is 11.5 Å². The monoisotopic (exact) mass is 407 g/mol. The topological polar surface area (TPSA) is 99.8 Å². The summed E-state index contributed by atoms with van der Waals surface area (Å²) in [6.45, 7) is 1.49. The summed E-state index contributed by atoms with van der Waals surface area (Å²) in [5.74, 6) is 1.29. The van der Waals surface area contributed by atoms with Gasteiger partial charge in [-0.25, -0.2) is 13.2 Å². The summed E-state index contributed by atoms with van der Waals surface area (Å²) < 4.78 is 40.8. The molecule has 0 bridgehead atoms. The first-order chi connectivity index (χ1) is 13.3. The Kier molecular flexibility index (Phi) is 4.54. The molecule has 1 aromatic heterocycles. The lowest BCUT2D eigenvalue weighted by Gasteiger charge is -2.28. The van der Waals surface area contributed by atoms with E-state index in [4.69, 9.17) is 9.47 Å². The van der Waals surface area contributed by atoms with Gasteiger partial charge in [0.05, 0.1) is 13.2 Å². The van der Waals surface area contributed by atoms with Gasteiger partial charge < -0.3 is 14.0 Å². The van der Waals surface area contributed by atoms with Crippen LogP contribution in [0, 0.1) is 0 Å². The van der Waals surface area contributed by atoms with Crippen LogP contribution in [0.4, 0.5) is 0 Å². The van der Waals surface area contributed by atoms with Crippen molar-refractivity contribution in [3.63, 3.8) is 0 Å². The number of hydrogen-bond donors (Lipinski definition) is 0. The highest BCUT2D eigenvalue weighted by Gasteiger charge is 2.32. The summed E-state index contributed by atoms with van der Waals surface area (Å²) >= 11 is 0. The summed E-state index contributed by atoms with van der Waals surface area (Å²) in [6.07, 6.45) is 2.37. The molecule has 0 atom stereocenters. The molecular weight excluding hydrogens is 386 g/mol. The minimum absolute atomic E-state index is 0.125. The van der Waals surface area contributed by atoms with Gasteiger partial charge >= 0.3 is 5.69 Å². The van der Waals surface area contributed by atoms with Crippen LogP contribution in [-0.4, -0.2) is 41.6 Å². The molecule has 28 heavy (non-hydrogen) atoms. The van der Waals surface area contributed by atoms with Crippen LogP contribution in [0.25, 0.3) is 0 Å². The van der Waals surface area contributed by atoms with Gasteiger partial charge in [0.15, 0.2) is 16.4 Å². The molecule has 0 amide bonds. The second kappa shape index (κ2) is 6.78. The van der Waals surface area contributed by atoms with Crippen molar-refractivity contribution in [1.29, 1.82) is 0 Å². The van der Waals surface area contributed by atoms with Gasteiger partial charge in [-0.15, -0.1) is 0 Å². The number of aromatic nitrogens is 2. The van der Waals surface area contributed by atoms with E-state index in [2.05, 4.69) is 0 Å². The lowest BCUT2D eigenvalue weighted by molar-refractivity contribution is 0.297. The molecule has 4 rings (SSSR count). The third-order valence-corrected chi connectivity index (χ3v) is 6.91. The number of hydrogen-bond acceptors (Lipinski definition) is 6. The fourth-order valence-electron chi connectivity index (χ4n) is 3.48. The maximum atomic E-state index is 13.1. The molecule has 0 saturated carbocycles. The number of aryl methyl sites for hydroxylation is 1. The summed E-state index contributed by atoms with van der Waals surface area (Å²) in [5, 5.41) is 0. The second-order valence-electron chi connectivity index (χ2n) is 6.96. The summed E-state index contributed by atoms with van der Waals surface area (Å²) in [4.78, 5) is 23.9. The molecule has 9 nitrogen and oxygen atoms in total. The van der Waals surface area contributed by atoms with Crippen molar-refractivity contribution in [2.75, 3.05) is 19.8 Å². The number of fused-ring (bicyclic) bond motifs is 2. The molecular formula is C18H21N3O6S. The minimum Gasteiger partial charge on any atom is -0.490 e. The first-order valence-corrected chi connectivity index (χ1v) is 10.4. The first kappa shape index (κ1) is 18.8. The zero-order chi connectivity index (χ0) is 20.1. The molecule has 0 unspecified atom stereocenters. The van der Waals surface area contributed by atoms with Crippen molar-refractivity contribution in [3.05, 3.63) is 50.3 Å². The van der Waals surface area contributed by atoms with Crippen LogP contribution in [0.15, 0.2) is 32.8 Å². The Morgan fingerprint density at radius 1 is 1.00 bits per heavy atom. The molecule has 1 aromatic carbocycles. The van der Waals surface area contributed by atoms with Gasteiger partial charge in [-0.1, -0.05) is 0 Å². The largest absolute Gasteiger partial charge is 0.490 e. The van der Waals surface area contributed by atoms with E-state index in [0.29, 0.717) is 31.1 Å². The average molecular weight is 407 g/mol. The molecule has 0 aliphatic carbocycles. The van der Waals surface area contributed by atoms with Gasteiger partial charge in [0, 0.05) is 39.8 Å². The van der Waals surface area contributed by atoms with Crippen LogP contribution in [0.3, 0.4) is 0 Å². The minimum atomic E-state index is -4.06. The normalized spacial score (nSPS) is 17.1. The molecule has 0 radical (unpaired) electrons. The highest BCUT2D eigenvalue weighted by Crippen LogP contribution is 2.35. The Labute approximate surface area is 161 Å². The van der Waals surface area contributed by atoms with Crippen molar-refractivity contribution in [1.82, 2.24) is 13.4 Å². The van der Waals surface area contributed by atoms with E-state index < -0.39 is 26.2 Å². The molecule has 150 valence electrons. The van der Waals surface area contributed by atoms with E-state index in [1.54, 1.807) is 0 Å². The SMILES string of the molecule is Cn1cc(S(=O)(=O)N2CCc3cc4c(cc3C2)OCCCO4)c(=O)n(C)c1=O. The number of ether oxygens (including phenoxy) is 2. The fourth-order valence-corrected chi connectivity index (χ4v) is 5.05. The van der Waals surface area contributed by atoms with Crippen LogP contribution >= 0.6 is 0 Å². The molecule has 3 heterocycles. The van der Waals surface area contributed by atoms with Crippen LogP contribution in [0.1, 0.15) is 17.5 Å². The zero-order valence-electron chi connectivity index (χ0n) is 15.7. The highest BCUT2D eigenvalue weighted by molar-refractivity contribution is 7.89. The summed E-state index contributed by atoms with van der Waals surface area (Å²) in [5.41, 5.74) is 0.421. The fraction of sp³-hybridized carbons (Fsp3) is 0.444. The van der Waals surface area contributed by atoms with E-state index >= 15 is 0 Å². The van der Waals surface area contributed by atoms with Crippen LogP contribution in [0.2, 0.25) is 0 Å². The van der Waals surface area contributed by atoms with E-state index in [9.17, 15) is 18.0 Å². The predicted molar refractivity (Wildman–Crippen MR) is 100 cm³/mol. The molecule has 0 fully saturated rings. The van der Waals surface area contributed by atoms with E-state index in [1.807, 2.05) is 12.1 Å². The third-order valence-electron chi connectivity index (χ3n) is 5.08. The van der Waals surface area contributed by atoms with E-state index in [-0.39, 0.29) is 13.1 Å². The van der Waals surface area contributed by atoms with E-state index in [1.165, 1.54) is 18.4 Å². The van der Waals surface area contributed by atoms with Crippen LogP contribution in [-0.2, 0) is 37.1 Å². The summed E-state index contributed by atoms with van der Waals surface area (Å²) in [6, 6.07) is 3.72. The highest BCUT2D eigenvalue weighted by atomic mass is 32.2. The quantitative estimate of drug-likeness (QED) is 0.694. The number of nitrogens with zero attached hydrogens (tertiary/aromatic N) is 3. The average Bonchev–Trinajstić information content (AvgIpc) is 2.91.